The molecule has 118 valence electrons. The summed E-state index contributed by atoms with van der Waals surface area (Å²) >= 11 is 0. The molecule has 1 aliphatic carbocycles. The molecule has 0 bridgehead atoms. The number of rotatable bonds is 5. The number of nitrogens with two attached hydrogens (primary N) is 1. The molecule has 0 radical (unpaired) electrons. The van der Waals surface area contributed by atoms with E-state index in [0.717, 1.165) is 19.3 Å². The maximum atomic E-state index is 11.9. The smallest absolute Gasteiger partial charge is 0.241 e. The Labute approximate surface area is 124 Å². The lowest BCUT2D eigenvalue weighted by Crippen LogP contribution is -2.38. The lowest BCUT2D eigenvalue weighted by Gasteiger charge is -2.27. The SMILES string of the molecule is C[C@@H]1CCC[C@@H](NC(=O)CCn2cc(S(N)(=O)=O)cn2)C1. The van der Waals surface area contributed by atoms with Crippen LogP contribution in [0.2, 0.25) is 0 Å². The molecule has 0 unspecified atom stereocenters. The molecule has 1 heterocycles. The number of sulfonamides is 1. The third-order valence-electron chi connectivity index (χ3n) is 3.81. The average molecular weight is 314 g/mol. The fraction of sp³-hybridized carbons (Fsp3) is 0.692. The molecule has 1 aliphatic rings. The summed E-state index contributed by atoms with van der Waals surface area (Å²) in [6.45, 7) is 2.54. The number of amides is 1. The topological polar surface area (TPSA) is 107 Å². The molecule has 2 rings (SSSR count). The van der Waals surface area contributed by atoms with Gasteiger partial charge < -0.3 is 5.32 Å². The van der Waals surface area contributed by atoms with Crippen molar-refractivity contribution in [2.24, 2.45) is 11.1 Å². The second-order valence-corrected chi connectivity index (χ2v) is 7.33. The summed E-state index contributed by atoms with van der Waals surface area (Å²) in [5, 5.41) is 11.9. The molecule has 8 heteroatoms. The second kappa shape index (κ2) is 6.57. The van der Waals surface area contributed by atoms with Gasteiger partial charge in [-0.25, -0.2) is 13.6 Å². The van der Waals surface area contributed by atoms with Crippen LogP contribution < -0.4 is 10.5 Å². The van der Waals surface area contributed by atoms with Gasteiger partial charge in [-0.1, -0.05) is 19.8 Å². The number of aryl methyl sites for hydroxylation is 1. The van der Waals surface area contributed by atoms with Crippen LogP contribution in [0, 0.1) is 5.92 Å². The molecule has 1 fully saturated rings. The number of carbonyl (C=O) groups excluding carboxylic acids is 1. The van der Waals surface area contributed by atoms with Crippen LogP contribution in [-0.4, -0.2) is 30.1 Å². The van der Waals surface area contributed by atoms with Crippen molar-refractivity contribution in [3.05, 3.63) is 12.4 Å². The van der Waals surface area contributed by atoms with Crippen molar-refractivity contribution < 1.29 is 13.2 Å². The predicted octanol–water partition coefficient (Wildman–Crippen LogP) is 0.616. The zero-order chi connectivity index (χ0) is 15.5. The van der Waals surface area contributed by atoms with Crippen molar-refractivity contribution in [3.8, 4) is 0 Å². The molecule has 1 aromatic rings. The first-order valence-corrected chi connectivity index (χ1v) is 8.74. The quantitative estimate of drug-likeness (QED) is 0.830. The van der Waals surface area contributed by atoms with Gasteiger partial charge in [-0.2, -0.15) is 5.10 Å². The lowest BCUT2D eigenvalue weighted by atomic mass is 9.87. The van der Waals surface area contributed by atoms with Crippen LogP contribution >= 0.6 is 0 Å². The van der Waals surface area contributed by atoms with E-state index in [4.69, 9.17) is 5.14 Å². The molecular weight excluding hydrogens is 292 g/mol. The summed E-state index contributed by atoms with van der Waals surface area (Å²) in [5.74, 6) is 0.634. The van der Waals surface area contributed by atoms with Gasteiger partial charge in [-0.15, -0.1) is 0 Å². The van der Waals surface area contributed by atoms with E-state index in [1.807, 2.05) is 0 Å². The Morgan fingerprint density at radius 2 is 2.29 bits per heavy atom. The summed E-state index contributed by atoms with van der Waals surface area (Å²) in [5.41, 5.74) is 0. The average Bonchev–Trinajstić information content (AvgIpc) is 2.85. The molecule has 21 heavy (non-hydrogen) atoms. The lowest BCUT2D eigenvalue weighted by molar-refractivity contribution is -0.122. The molecule has 3 N–H and O–H groups in total. The highest BCUT2D eigenvalue weighted by atomic mass is 32.2. The summed E-state index contributed by atoms with van der Waals surface area (Å²) in [6, 6.07) is 0.263. The third kappa shape index (κ3) is 4.82. The van der Waals surface area contributed by atoms with Gasteiger partial charge in [0, 0.05) is 25.2 Å². The number of primary sulfonamides is 1. The number of aromatic nitrogens is 2. The molecule has 1 amide bonds. The fourth-order valence-electron chi connectivity index (χ4n) is 2.69. The summed E-state index contributed by atoms with van der Waals surface area (Å²) in [7, 11) is -3.73. The number of nitrogens with one attached hydrogen (secondary N) is 1. The Bertz CT molecular complexity index is 596. The van der Waals surface area contributed by atoms with Crippen molar-refractivity contribution in [1.29, 1.82) is 0 Å². The van der Waals surface area contributed by atoms with Crippen LogP contribution in [0.3, 0.4) is 0 Å². The van der Waals surface area contributed by atoms with Crippen LogP contribution in [0.15, 0.2) is 17.3 Å². The minimum atomic E-state index is -3.73. The minimum Gasteiger partial charge on any atom is -0.353 e. The summed E-state index contributed by atoms with van der Waals surface area (Å²) in [4.78, 5) is 11.9. The van der Waals surface area contributed by atoms with E-state index in [9.17, 15) is 13.2 Å². The first kappa shape index (κ1) is 16.0. The molecule has 0 aliphatic heterocycles. The van der Waals surface area contributed by atoms with Gasteiger partial charge in [-0.05, 0) is 18.8 Å². The minimum absolute atomic E-state index is 0.0262. The van der Waals surface area contributed by atoms with E-state index in [-0.39, 0.29) is 23.3 Å². The van der Waals surface area contributed by atoms with E-state index in [1.165, 1.54) is 23.5 Å². The monoisotopic (exact) mass is 314 g/mol. The van der Waals surface area contributed by atoms with Crippen LogP contribution in [0.1, 0.15) is 39.0 Å². The van der Waals surface area contributed by atoms with Gasteiger partial charge in [0.15, 0.2) is 0 Å². The largest absolute Gasteiger partial charge is 0.353 e. The van der Waals surface area contributed by atoms with Gasteiger partial charge in [0.2, 0.25) is 15.9 Å². The number of carbonyl (C=O) groups is 1. The Balaban J connectivity index is 1.80. The van der Waals surface area contributed by atoms with Crippen molar-refractivity contribution in [2.45, 2.75) is 56.5 Å². The first-order valence-electron chi connectivity index (χ1n) is 7.19. The standard InChI is InChI=1S/C13H22N4O3S/c1-10-3-2-4-11(7-10)16-13(18)5-6-17-9-12(8-15-17)21(14,19)20/h8-11H,2-7H2,1H3,(H,16,18)(H2,14,19,20)/t10-,11-/m1/s1. The predicted molar refractivity (Wildman–Crippen MR) is 77.8 cm³/mol. The molecule has 0 saturated heterocycles. The van der Waals surface area contributed by atoms with Crippen LogP contribution in [0.5, 0.6) is 0 Å². The maximum absolute atomic E-state index is 11.9. The maximum Gasteiger partial charge on any atom is 0.241 e. The fourth-order valence-corrected chi connectivity index (χ4v) is 3.16. The van der Waals surface area contributed by atoms with E-state index < -0.39 is 10.0 Å². The zero-order valence-electron chi connectivity index (χ0n) is 12.2. The van der Waals surface area contributed by atoms with E-state index in [2.05, 4.69) is 17.3 Å². The number of hydrogen-bond acceptors (Lipinski definition) is 4. The zero-order valence-corrected chi connectivity index (χ0v) is 13.0. The Morgan fingerprint density at radius 3 is 2.90 bits per heavy atom. The molecule has 1 saturated carbocycles. The van der Waals surface area contributed by atoms with Gasteiger partial charge in [0.1, 0.15) is 4.90 Å². The first-order chi connectivity index (χ1) is 9.84. The van der Waals surface area contributed by atoms with Crippen molar-refractivity contribution in [1.82, 2.24) is 15.1 Å². The van der Waals surface area contributed by atoms with Crippen LogP contribution in [0.4, 0.5) is 0 Å². The number of hydrogen-bond donors (Lipinski definition) is 2. The normalized spacial score (nSPS) is 23.0. The highest BCUT2D eigenvalue weighted by Crippen LogP contribution is 2.23. The highest BCUT2D eigenvalue weighted by Gasteiger charge is 2.20. The van der Waals surface area contributed by atoms with E-state index in [0.29, 0.717) is 12.5 Å². The molecular formula is C13H22N4O3S. The summed E-state index contributed by atoms with van der Waals surface area (Å²) in [6.07, 6.45) is 7.26. The Morgan fingerprint density at radius 1 is 1.52 bits per heavy atom. The molecule has 0 aromatic carbocycles. The number of nitrogens with zero attached hydrogens (tertiary/aromatic N) is 2. The highest BCUT2D eigenvalue weighted by molar-refractivity contribution is 7.89. The van der Waals surface area contributed by atoms with Crippen LogP contribution in [-0.2, 0) is 21.4 Å². The Hall–Kier alpha value is -1.41. The second-order valence-electron chi connectivity index (χ2n) is 5.77. The molecule has 1 aromatic heterocycles. The third-order valence-corrected chi connectivity index (χ3v) is 4.68. The van der Waals surface area contributed by atoms with Crippen molar-refractivity contribution >= 4 is 15.9 Å². The van der Waals surface area contributed by atoms with E-state index in [1.54, 1.807) is 0 Å². The van der Waals surface area contributed by atoms with Gasteiger partial charge in [0.25, 0.3) is 0 Å². The molecule has 0 spiro atoms. The van der Waals surface area contributed by atoms with Gasteiger partial charge in [-0.3, -0.25) is 9.48 Å². The van der Waals surface area contributed by atoms with Crippen LogP contribution in [0.25, 0.3) is 0 Å². The van der Waals surface area contributed by atoms with Gasteiger partial charge in [0.05, 0.1) is 6.20 Å². The van der Waals surface area contributed by atoms with Gasteiger partial charge >= 0.3 is 0 Å². The van der Waals surface area contributed by atoms with E-state index >= 15 is 0 Å². The van der Waals surface area contributed by atoms with Crippen molar-refractivity contribution in [2.75, 3.05) is 0 Å². The molecule has 7 nitrogen and oxygen atoms in total. The molecule has 2 atom stereocenters. The summed E-state index contributed by atoms with van der Waals surface area (Å²) < 4.78 is 23.7. The Kier molecular flexibility index (Phi) is 5.00. The van der Waals surface area contributed by atoms with Crippen molar-refractivity contribution in [3.63, 3.8) is 0 Å².